The number of pyridine rings is 2. The molecule has 4 rings (SSSR count). The van der Waals surface area contributed by atoms with Gasteiger partial charge in [-0.05, 0) is 46.3 Å². The Morgan fingerprint density at radius 3 is 2.56 bits per heavy atom. The molecule has 0 saturated carbocycles. The quantitative estimate of drug-likeness (QED) is 0.466. The fourth-order valence-corrected chi connectivity index (χ4v) is 3.21. The molecule has 0 fully saturated rings. The van der Waals surface area contributed by atoms with E-state index in [-0.39, 0.29) is 22.2 Å². The Labute approximate surface area is 149 Å². The van der Waals surface area contributed by atoms with E-state index in [4.69, 9.17) is 0 Å². The average molecular weight is 393 g/mol. The van der Waals surface area contributed by atoms with Gasteiger partial charge in [-0.25, -0.2) is 4.98 Å². The van der Waals surface area contributed by atoms with Crippen LogP contribution in [0.4, 0.5) is 0 Å². The Kier molecular flexibility index (Phi) is 3.48. The first-order valence-corrected chi connectivity index (χ1v) is 8.13. The van der Waals surface area contributed by atoms with Gasteiger partial charge in [-0.1, -0.05) is 18.2 Å². The molecular weight excluding hydrogens is 384 g/mol. The lowest BCUT2D eigenvalue weighted by atomic mass is 10.2. The number of fused-ring (bicyclic) bond motifs is 2. The van der Waals surface area contributed by atoms with Gasteiger partial charge in [0.25, 0.3) is 11.1 Å². The topological polar surface area (TPSA) is 80.2 Å². The van der Waals surface area contributed by atoms with Crippen molar-refractivity contribution in [3.63, 3.8) is 0 Å². The summed E-state index contributed by atoms with van der Waals surface area (Å²) in [7, 11) is 0. The van der Waals surface area contributed by atoms with E-state index < -0.39 is 5.56 Å². The Morgan fingerprint density at radius 2 is 1.80 bits per heavy atom. The fourth-order valence-electron chi connectivity index (χ4n) is 2.75. The van der Waals surface area contributed by atoms with Crippen LogP contribution in [0.1, 0.15) is 5.56 Å². The highest BCUT2D eigenvalue weighted by atomic mass is 79.9. The van der Waals surface area contributed by atoms with E-state index in [0.29, 0.717) is 15.8 Å². The molecule has 1 aromatic carbocycles. The van der Waals surface area contributed by atoms with Crippen molar-refractivity contribution < 1.29 is 0 Å². The zero-order valence-electron chi connectivity index (χ0n) is 12.7. The molecule has 0 bridgehead atoms. The van der Waals surface area contributed by atoms with Gasteiger partial charge < -0.3 is 0 Å². The number of benzene rings is 1. The van der Waals surface area contributed by atoms with Crippen LogP contribution in [0, 0.1) is 11.3 Å². The number of halogens is 1. The smallest absolute Gasteiger partial charge is 0.268 e. The zero-order valence-corrected chi connectivity index (χ0v) is 14.3. The Balaban J connectivity index is 2.31. The second-order valence-corrected chi connectivity index (χ2v) is 6.20. The molecule has 0 atom stereocenters. The predicted octanol–water partition coefficient (Wildman–Crippen LogP) is 2.63. The van der Waals surface area contributed by atoms with E-state index in [1.54, 1.807) is 42.6 Å². The molecule has 0 radical (unpaired) electrons. The van der Waals surface area contributed by atoms with Gasteiger partial charge in [0, 0.05) is 10.7 Å². The van der Waals surface area contributed by atoms with Crippen LogP contribution < -0.4 is 11.1 Å². The molecule has 25 heavy (non-hydrogen) atoms. The lowest BCUT2D eigenvalue weighted by Gasteiger charge is -2.12. The van der Waals surface area contributed by atoms with Crippen LogP contribution in [0.2, 0.25) is 0 Å². The van der Waals surface area contributed by atoms with E-state index in [1.165, 1.54) is 15.0 Å². The monoisotopic (exact) mass is 392 g/mol. The first kappa shape index (κ1) is 15.3. The molecule has 0 saturated heterocycles. The zero-order chi connectivity index (χ0) is 17.6. The number of para-hydroxylation sites is 1. The SMILES string of the molecule is N#Cc1cc2c(=O)n3ccccc3nc2n(-c2ccccc2Br)c1=O. The minimum atomic E-state index is -0.519. The molecule has 120 valence electrons. The number of nitrogens with zero attached hydrogens (tertiary/aromatic N) is 4. The van der Waals surface area contributed by atoms with Gasteiger partial charge >= 0.3 is 0 Å². The van der Waals surface area contributed by atoms with Gasteiger partial charge in [-0.15, -0.1) is 0 Å². The Morgan fingerprint density at radius 1 is 1.04 bits per heavy atom. The first-order valence-electron chi connectivity index (χ1n) is 7.34. The second kappa shape index (κ2) is 5.69. The first-order chi connectivity index (χ1) is 12.1. The lowest BCUT2D eigenvalue weighted by Crippen LogP contribution is -2.26. The van der Waals surface area contributed by atoms with Crippen LogP contribution in [0.25, 0.3) is 22.4 Å². The summed E-state index contributed by atoms with van der Waals surface area (Å²) in [4.78, 5) is 30.1. The van der Waals surface area contributed by atoms with E-state index in [2.05, 4.69) is 20.9 Å². The maximum absolute atomic E-state index is 12.8. The van der Waals surface area contributed by atoms with Crippen LogP contribution in [0.15, 0.2) is 68.8 Å². The van der Waals surface area contributed by atoms with Crippen molar-refractivity contribution in [2.75, 3.05) is 0 Å². The Hall–Kier alpha value is -3.24. The van der Waals surface area contributed by atoms with Gasteiger partial charge in [0.1, 0.15) is 17.3 Å². The number of hydrogen-bond acceptors (Lipinski definition) is 4. The van der Waals surface area contributed by atoms with Crippen molar-refractivity contribution in [2.45, 2.75) is 0 Å². The van der Waals surface area contributed by atoms with Crippen LogP contribution in [-0.4, -0.2) is 14.0 Å². The third-order valence-electron chi connectivity index (χ3n) is 3.90. The molecule has 0 N–H and O–H groups in total. The van der Waals surface area contributed by atoms with Gasteiger partial charge in [0.2, 0.25) is 0 Å². The molecule has 3 heterocycles. The normalized spacial score (nSPS) is 10.9. The van der Waals surface area contributed by atoms with E-state index >= 15 is 0 Å². The summed E-state index contributed by atoms with van der Waals surface area (Å²) < 4.78 is 3.34. The van der Waals surface area contributed by atoms with Crippen LogP contribution in [-0.2, 0) is 0 Å². The molecule has 0 unspecified atom stereocenters. The summed E-state index contributed by atoms with van der Waals surface area (Å²) in [6, 6.07) is 15.4. The van der Waals surface area contributed by atoms with E-state index in [1.807, 2.05) is 12.1 Å². The Bertz CT molecular complexity index is 1310. The third-order valence-corrected chi connectivity index (χ3v) is 4.57. The van der Waals surface area contributed by atoms with Gasteiger partial charge in [0.15, 0.2) is 5.65 Å². The molecule has 0 aliphatic heterocycles. The third kappa shape index (κ3) is 2.27. The van der Waals surface area contributed by atoms with Gasteiger partial charge in [0.05, 0.1) is 11.1 Å². The summed E-state index contributed by atoms with van der Waals surface area (Å²) in [6.45, 7) is 0. The minimum Gasteiger partial charge on any atom is -0.268 e. The van der Waals surface area contributed by atoms with Crippen molar-refractivity contribution in [1.29, 1.82) is 5.26 Å². The number of nitriles is 1. The molecule has 0 aliphatic rings. The summed E-state index contributed by atoms with van der Waals surface area (Å²) in [5.41, 5.74) is 0.184. The standard InChI is InChI=1S/C18H9BrN4O2/c19-13-5-1-2-6-14(13)23-16-12(9-11(10-20)17(23)24)18(25)22-8-4-3-7-15(22)21-16/h1-9H. The summed E-state index contributed by atoms with van der Waals surface area (Å²) in [5, 5.41) is 9.52. The fraction of sp³-hybridized carbons (Fsp3) is 0. The van der Waals surface area contributed by atoms with Crippen molar-refractivity contribution in [1.82, 2.24) is 14.0 Å². The van der Waals surface area contributed by atoms with E-state index in [0.717, 1.165) is 0 Å². The van der Waals surface area contributed by atoms with Crippen LogP contribution in [0.3, 0.4) is 0 Å². The second-order valence-electron chi connectivity index (χ2n) is 5.34. The summed E-state index contributed by atoms with van der Waals surface area (Å²) in [5.74, 6) is 0. The molecule has 6 nitrogen and oxygen atoms in total. The molecule has 3 aromatic heterocycles. The highest BCUT2D eigenvalue weighted by Gasteiger charge is 2.17. The lowest BCUT2D eigenvalue weighted by molar-refractivity contribution is 0.979. The largest absolute Gasteiger partial charge is 0.274 e. The van der Waals surface area contributed by atoms with Gasteiger partial charge in [-0.3, -0.25) is 18.6 Å². The number of hydrogen-bond donors (Lipinski definition) is 0. The van der Waals surface area contributed by atoms with Crippen LogP contribution >= 0.6 is 15.9 Å². The molecule has 0 amide bonds. The van der Waals surface area contributed by atoms with Crippen LogP contribution in [0.5, 0.6) is 0 Å². The van der Waals surface area contributed by atoms with Crippen molar-refractivity contribution in [2.24, 2.45) is 0 Å². The van der Waals surface area contributed by atoms with Crippen molar-refractivity contribution in [3.8, 4) is 11.8 Å². The number of rotatable bonds is 1. The highest BCUT2D eigenvalue weighted by molar-refractivity contribution is 9.10. The minimum absolute atomic E-state index is 0.113. The summed E-state index contributed by atoms with van der Waals surface area (Å²) in [6.07, 6.45) is 1.60. The molecule has 7 heteroatoms. The molecule has 0 spiro atoms. The molecular formula is C18H9BrN4O2. The van der Waals surface area contributed by atoms with E-state index in [9.17, 15) is 14.9 Å². The van der Waals surface area contributed by atoms with Crippen molar-refractivity contribution in [3.05, 3.63) is 85.5 Å². The highest BCUT2D eigenvalue weighted by Crippen LogP contribution is 2.22. The van der Waals surface area contributed by atoms with Crippen molar-refractivity contribution >= 4 is 32.6 Å². The average Bonchev–Trinajstić information content (AvgIpc) is 2.63. The maximum Gasteiger partial charge on any atom is 0.274 e. The maximum atomic E-state index is 12.8. The number of aromatic nitrogens is 3. The summed E-state index contributed by atoms with van der Waals surface area (Å²) >= 11 is 3.41. The molecule has 0 aliphatic carbocycles. The predicted molar refractivity (Wildman–Crippen MR) is 97.0 cm³/mol. The molecule has 4 aromatic rings. The van der Waals surface area contributed by atoms with Gasteiger partial charge in [-0.2, -0.15) is 5.26 Å².